The van der Waals surface area contributed by atoms with E-state index in [4.69, 9.17) is 0 Å². The van der Waals surface area contributed by atoms with E-state index in [1.54, 1.807) is 36.2 Å². The number of fused-ring (bicyclic) bond motifs is 1. The van der Waals surface area contributed by atoms with Crippen LogP contribution in [0.3, 0.4) is 0 Å². The fourth-order valence-electron chi connectivity index (χ4n) is 2.02. The van der Waals surface area contributed by atoms with E-state index in [1.165, 1.54) is 11.3 Å². The predicted octanol–water partition coefficient (Wildman–Crippen LogP) is 3.36. The SMILES string of the molecule is CN(Cc1ccc(O)cc1)C(=O)c1cc2c(Br)[nH]nc2s1. The van der Waals surface area contributed by atoms with Crippen LogP contribution in [-0.2, 0) is 6.54 Å². The average Bonchev–Trinajstić information content (AvgIpc) is 3.03. The van der Waals surface area contributed by atoms with Gasteiger partial charge in [-0.2, -0.15) is 5.10 Å². The second-order valence-electron chi connectivity index (χ2n) is 4.69. The van der Waals surface area contributed by atoms with E-state index >= 15 is 0 Å². The molecule has 0 unspecified atom stereocenters. The predicted molar refractivity (Wildman–Crippen MR) is 85.6 cm³/mol. The lowest BCUT2D eigenvalue weighted by molar-refractivity contribution is 0.0790. The molecule has 0 aliphatic carbocycles. The Labute approximate surface area is 133 Å². The van der Waals surface area contributed by atoms with Crippen molar-refractivity contribution in [3.63, 3.8) is 0 Å². The summed E-state index contributed by atoms with van der Waals surface area (Å²) in [5.74, 6) is 0.176. The van der Waals surface area contributed by atoms with Gasteiger partial charge in [0.15, 0.2) is 0 Å². The Balaban J connectivity index is 1.78. The number of phenolic OH excluding ortho intramolecular Hbond substituents is 1. The molecule has 0 aliphatic heterocycles. The van der Waals surface area contributed by atoms with Gasteiger partial charge in [-0.15, -0.1) is 11.3 Å². The van der Waals surface area contributed by atoms with Gasteiger partial charge in [0.1, 0.15) is 15.2 Å². The zero-order valence-electron chi connectivity index (χ0n) is 11.1. The van der Waals surface area contributed by atoms with Crippen LogP contribution >= 0.6 is 27.3 Å². The van der Waals surface area contributed by atoms with Crippen LogP contribution in [0.5, 0.6) is 5.75 Å². The Bertz CT molecular complexity index is 794. The zero-order chi connectivity index (χ0) is 15.0. The van der Waals surface area contributed by atoms with Crippen LogP contribution in [0, 0.1) is 0 Å². The smallest absolute Gasteiger partial charge is 0.264 e. The molecular formula is C14H12BrN3O2S. The first-order valence-corrected chi connectivity index (χ1v) is 7.82. The number of nitrogens with zero attached hydrogens (tertiary/aromatic N) is 2. The molecule has 0 saturated carbocycles. The molecule has 0 fully saturated rings. The van der Waals surface area contributed by atoms with E-state index < -0.39 is 0 Å². The number of carbonyl (C=O) groups excluding carboxylic acids is 1. The van der Waals surface area contributed by atoms with Crippen LogP contribution in [0.15, 0.2) is 34.9 Å². The van der Waals surface area contributed by atoms with E-state index in [2.05, 4.69) is 26.1 Å². The van der Waals surface area contributed by atoms with Gasteiger partial charge in [0.05, 0.1) is 4.88 Å². The van der Waals surface area contributed by atoms with Crippen LogP contribution in [0.25, 0.3) is 10.2 Å². The van der Waals surface area contributed by atoms with Gasteiger partial charge in [-0.25, -0.2) is 0 Å². The highest BCUT2D eigenvalue weighted by Gasteiger charge is 2.17. The van der Waals surface area contributed by atoms with Gasteiger partial charge in [0.2, 0.25) is 0 Å². The Hall–Kier alpha value is -1.86. The number of phenols is 1. The first-order chi connectivity index (χ1) is 10.0. The van der Waals surface area contributed by atoms with Gasteiger partial charge in [0, 0.05) is 19.0 Å². The molecule has 2 aromatic heterocycles. The van der Waals surface area contributed by atoms with Crippen molar-refractivity contribution in [2.24, 2.45) is 0 Å². The van der Waals surface area contributed by atoms with Crippen LogP contribution < -0.4 is 0 Å². The second kappa shape index (κ2) is 5.50. The summed E-state index contributed by atoms with van der Waals surface area (Å²) in [5.41, 5.74) is 0.965. The van der Waals surface area contributed by atoms with E-state index in [0.717, 1.165) is 20.4 Å². The Kier molecular flexibility index (Phi) is 3.69. The highest BCUT2D eigenvalue weighted by molar-refractivity contribution is 9.10. The monoisotopic (exact) mass is 365 g/mol. The maximum Gasteiger partial charge on any atom is 0.264 e. The number of nitrogens with one attached hydrogen (secondary N) is 1. The summed E-state index contributed by atoms with van der Waals surface area (Å²) in [6, 6.07) is 8.67. The summed E-state index contributed by atoms with van der Waals surface area (Å²) in [7, 11) is 1.76. The molecule has 1 amide bonds. The molecule has 0 bridgehead atoms. The molecule has 0 saturated heterocycles. The number of aromatic amines is 1. The Morgan fingerprint density at radius 3 is 2.81 bits per heavy atom. The van der Waals surface area contributed by atoms with Crippen molar-refractivity contribution < 1.29 is 9.90 Å². The van der Waals surface area contributed by atoms with Crippen molar-refractivity contribution in [2.45, 2.75) is 6.54 Å². The average molecular weight is 366 g/mol. The summed E-state index contributed by atoms with van der Waals surface area (Å²) in [6.07, 6.45) is 0. The first-order valence-electron chi connectivity index (χ1n) is 6.21. The van der Waals surface area contributed by atoms with Crippen molar-refractivity contribution in [1.82, 2.24) is 15.1 Å². The number of aromatic nitrogens is 2. The van der Waals surface area contributed by atoms with E-state index in [1.807, 2.05) is 6.07 Å². The van der Waals surface area contributed by atoms with Crippen LogP contribution in [0.1, 0.15) is 15.2 Å². The lowest BCUT2D eigenvalue weighted by atomic mass is 10.2. The Morgan fingerprint density at radius 2 is 2.14 bits per heavy atom. The summed E-state index contributed by atoms with van der Waals surface area (Å²) < 4.78 is 0.786. The molecule has 108 valence electrons. The van der Waals surface area contributed by atoms with Crippen molar-refractivity contribution >= 4 is 43.4 Å². The second-order valence-corrected chi connectivity index (χ2v) is 6.52. The number of amides is 1. The number of thiophene rings is 1. The molecule has 3 aromatic rings. The molecule has 0 radical (unpaired) electrons. The quantitative estimate of drug-likeness (QED) is 0.747. The standard InChI is InChI=1S/C14H12BrN3O2S/c1-18(7-8-2-4-9(19)5-3-8)14(20)11-6-10-12(15)16-17-13(10)21-11/h2-6,19H,7H2,1H3,(H,16,17). The van der Waals surface area contributed by atoms with Gasteiger partial charge < -0.3 is 10.0 Å². The summed E-state index contributed by atoms with van der Waals surface area (Å²) in [4.78, 5) is 15.5. The van der Waals surface area contributed by atoms with Crippen molar-refractivity contribution in [3.8, 4) is 5.75 Å². The third kappa shape index (κ3) is 2.79. The molecule has 0 atom stereocenters. The number of H-pyrrole nitrogens is 1. The summed E-state index contributed by atoms with van der Waals surface area (Å²) in [6.45, 7) is 0.488. The summed E-state index contributed by atoms with van der Waals surface area (Å²) in [5, 5.41) is 17.1. The van der Waals surface area contributed by atoms with Crippen LogP contribution in [0.4, 0.5) is 0 Å². The van der Waals surface area contributed by atoms with Crippen LogP contribution in [-0.4, -0.2) is 33.2 Å². The molecule has 3 rings (SSSR count). The van der Waals surface area contributed by atoms with E-state index in [0.29, 0.717) is 11.4 Å². The molecule has 1 aromatic carbocycles. The number of halogens is 1. The molecule has 21 heavy (non-hydrogen) atoms. The van der Waals surface area contributed by atoms with Gasteiger partial charge in [-0.1, -0.05) is 12.1 Å². The highest BCUT2D eigenvalue weighted by Crippen LogP contribution is 2.29. The lowest BCUT2D eigenvalue weighted by Gasteiger charge is -2.16. The van der Waals surface area contributed by atoms with Gasteiger partial charge in [-0.3, -0.25) is 9.89 Å². The molecule has 5 nitrogen and oxygen atoms in total. The lowest BCUT2D eigenvalue weighted by Crippen LogP contribution is -2.25. The minimum atomic E-state index is -0.0435. The van der Waals surface area contributed by atoms with Crippen LogP contribution in [0.2, 0.25) is 0 Å². The largest absolute Gasteiger partial charge is 0.508 e. The third-order valence-electron chi connectivity index (χ3n) is 3.12. The molecular weight excluding hydrogens is 354 g/mol. The highest BCUT2D eigenvalue weighted by atomic mass is 79.9. The number of rotatable bonds is 3. The minimum absolute atomic E-state index is 0.0435. The molecule has 2 N–H and O–H groups in total. The number of aromatic hydroxyl groups is 1. The van der Waals surface area contributed by atoms with Gasteiger partial charge in [0.25, 0.3) is 5.91 Å². The van der Waals surface area contributed by atoms with E-state index in [-0.39, 0.29) is 11.7 Å². The van der Waals surface area contributed by atoms with Crippen molar-refractivity contribution in [2.75, 3.05) is 7.05 Å². The summed E-state index contributed by atoms with van der Waals surface area (Å²) >= 11 is 4.73. The molecule has 0 spiro atoms. The van der Waals surface area contributed by atoms with Crippen molar-refractivity contribution in [1.29, 1.82) is 0 Å². The van der Waals surface area contributed by atoms with E-state index in [9.17, 15) is 9.90 Å². The maximum absolute atomic E-state index is 12.4. The zero-order valence-corrected chi connectivity index (χ0v) is 13.5. The fraction of sp³-hybridized carbons (Fsp3) is 0.143. The fourth-order valence-corrected chi connectivity index (χ4v) is 3.53. The number of benzene rings is 1. The third-order valence-corrected chi connectivity index (χ3v) is 4.74. The number of hydrogen-bond donors (Lipinski definition) is 2. The normalized spacial score (nSPS) is 11.0. The van der Waals surface area contributed by atoms with Gasteiger partial charge >= 0.3 is 0 Å². The van der Waals surface area contributed by atoms with Gasteiger partial charge in [-0.05, 0) is 39.7 Å². The molecule has 7 heteroatoms. The molecule has 2 heterocycles. The first kappa shape index (κ1) is 14.1. The molecule has 0 aliphatic rings. The Morgan fingerprint density at radius 1 is 1.43 bits per heavy atom. The van der Waals surface area contributed by atoms with Crippen molar-refractivity contribution in [3.05, 3.63) is 45.4 Å². The number of carbonyl (C=O) groups is 1. The number of hydrogen-bond acceptors (Lipinski definition) is 4. The minimum Gasteiger partial charge on any atom is -0.508 e. The maximum atomic E-state index is 12.4. The topological polar surface area (TPSA) is 69.2 Å².